The molecule has 0 radical (unpaired) electrons. The topological polar surface area (TPSA) is 15.3 Å². The summed E-state index contributed by atoms with van der Waals surface area (Å²) in [4.78, 5) is 2.73. The molecule has 0 bridgehead atoms. The van der Waals surface area contributed by atoms with Crippen LogP contribution in [0.5, 0.6) is 0 Å². The molecular formula is C17H34N2. The number of hydrogen-bond donors (Lipinski definition) is 1. The van der Waals surface area contributed by atoms with Gasteiger partial charge in [0, 0.05) is 31.7 Å². The van der Waals surface area contributed by atoms with Crippen molar-refractivity contribution in [3.05, 3.63) is 0 Å². The maximum atomic E-state index is 3.58. The Morgan fingerprint density at radius 1 is 1.05 bits per heavy atom. The molecule has 112 valence electrons. The van der Waals surface area contributed by atoms with Crippen molar-refractivity contribution in [1.82, 2.24) is 10.2 Å². The molecule has 1 saturated heterocycles. The van der Waals surface area contributed by atoms with E-state index >= 15 is 0 Å². The molecule has 2 rings (SSSR count). The summed E-state index contributed by atoms with van der Waals surface area (Å²) in [6, 6.07) is 1.39. The standard InChI is InChI=1S/C17H34N2/c1-13-11-19(14(2)10-18-13)12-15-6-8-16(9-7-15)17(3,4)5/h13-16,18H,6-12H2,1-5H3. The minimum atomic E-state index is 0.516. The first-order valence-corrected chi connectivity index (χ1v) is 8.33. The van der Waals surface area contributed by atoms with E-state index in [1.807, 2.05) is 0 Å². The Labute approximate surface area is 120 Å². The molecule has 2 atom stereocenters. The normalized spacial score (nSPS) is 38.4. The third-order valence-electron chi connectivity index (χ3n) is 5.46. The molecule has 2 nitrogen and oxygen atoms in total. The van der Waals surface area contributed by atoms with Crippen molar-refractivity contribution in [3.63, 3.8) is 0 Å². The molecule has 2 fully saturated rings. The maximum absolute atomic E-state index is 3.58. The van der Waals surface area contributed by atoms with E-state index in [0.717, 1.165) is 17.9 Å². The third-order valence-corrected chi connectivity index (χ3v) is 5.46. The molecule has 1 saturated carbocycles. The molecule has 19 heavy (non-hydrogen) atoms. The van der Waals surface area contributed by atoms with E-state index < -0.39 is 0 Å². The predicted octanol–water partition coefficient (Wildman–Crippen LogP) is 3.52. The monoisotopic (exact) mass is 266 g/mol. The molecule has 1 N–H and O–H groups in total. The number of nitrogens with one attached hydrogen (secondary N) is 1. The molecule has 1 heterocycles. The van der Waals surface area contributed by atoms with Gasteiger partial charge in [-0.15, -0.1) is 0 Å². The molecule has 1 aliphatic heterocycles. The first-order chi connectivity index (χ1) is 8.86. The highest BCUT2D eigenvalue weighted by molar-refractivity contribution is 4.86. The minimum Gasteiger partial charge on any atom is -0.311 e. The summed E-state index contributed by atoms with van der Waals surface area (Å²) < 4.78 is 0. The number of hydrogen-bond acceptors (Lipinski definition) is 2. The Hall–Kier alpha value is -0.0800. The van der Waals surface area contributed by atoms with Crippen LogP contribution in [-0.4, -0.2) is 36.6 Å². The lowest BCUT2D eigenvalue weighted by atomic mass is 9.70. The van der Waals surface area contributed by atoms with Gasteiger partial charge >= 0.3 is 0 Å². The molecule has 2 aliphatic rings. The zero-order valence-corrected chi connectivity index (χ0v) is 13.7. The van der Waals surface area contributed by atoms with Gasteiger partial charge in [0.25, 0.3) is 0 Å². The Morgan fingerprint density at radius 3 is 2.26 bits per heavy atom. The van der Waals surface area contributed by atoms with Crippen LogP contribution in [0, 0.1) is 17.3 Å². The summed E-state index contributed by atoms with van der Waals surface area (Å²) in [5.74, 6) is 1.90. The van der Waals surface area contributed by atoms with Crippen molar-refractivity contribution < 1.29 is 0 Å². The first-order valence-electron chi connectivity index (χ1n) is 8.33. The molecule has 0 spiro atoms. The van der Waals surface area contributed by atoms with Gasteiger partial charge < -0.3 is 5.32 Å². The van der Waals surface area contributed by atoms with E-state index in [2.05, 4.69) is 44.8 Å². The van der Waals surface area contributed by atoms with Crippen LogP contribution < -0.4 is 5.32 Å². The van der Waals surface area contributed by atoms with E-state index in [9.17, 15) is 0 Å². The zero-order chi connectivity index (χ0) is 14.0. The van der Waals surface area contributed by atoms with Gasteiger partial charge in [0.05, 0.1) is 0 Å². The number of rotatable bonds is 2. The van der Waals surface area contributed by atoms with Crippen LogP contribution in [0.2, 0.25) is 0 Å². The lowest BCUT2D eigenvalue weighted by Crippen LogP contribution is -2.55. The molecule has 2 unspecified atom stereocenters. The smallest absolute Gasteiger partial charge is 0.0193 e. The Bertz CT molecular complexity index is 273. The molecule has 1 aliphatic carbocycles. The fourth-order valence-electron chi connectivity index (χ4n) is 3.89. The quantitative estimate of drug-likeness (QED) is 0.822. The summed E-state index contributed by atoms with van der Waals surface area (Å²) in [6.45, 7) is 15.7. The fourth-order valence-corrected chi connectivity index (χ4v) is 3.89. The van der Waals surface area contributed by atoms with Crippen LogP contribution >= 0.6 is 0 Å². The van der Waals surface area contributed by atoms with Crippen LogP contribution in [0.4, 0.5) is 0 Å². The van der Waals surface area contributed by atoms with Gasteiger partial charge in [0.1, 0.15) is 0 Å². The SMILES string of the molecule is CC1CN(CC2CCC(C(C)(C)C)CC2)C(C)CN1. The van der Waals surface area contributed by atoms with Crippen LogP contribution in [0.1, 0.15) is 60.3 Å². The van der Waals surface area contributed by atoms with Gasteiger partial charge in [-0.1, -0.05) is 20.8 Å². The average molecular weight is 266 g/mol. The van der Waals surface area contributed by atoms with Crippen LogP contribution in [0.25, 0.3) is 0 Å². The average Bonchev–Trinajstić information content (AvgIpc) is 2.33. The van der Waals surface area contributed by atoms with E-state index in [-0.39, 0.29) is 0 Å². The minimum absolute atomic E-state index is 0.516. The van der Waals surface area contributed by atoms with Gasteiger partial charge in [-0.05, 0) is 56.8 Å². The summed E-state index contributed by atoms with van der Waals surface area (Å²) in [6.07, 6.45) is 5.80. The van der Waals surface area contributed by atoms with Crippen molar-refractivity contribution in [2.45, 2.75) is 72.4 Å². The predicted molar refractivity (Wildman–Crippen MR) is 83.4 cm³/mol. The second kappa shape index (κ2) is 6.13. The fraction of sp³-hybridized carbons (Fsp3) is 1.00. The number of nitrogens with zero attached hydrogens (tertiary/aromatic N) is 1. The van der Waals surface area contributed by atoms with Crippen molar-refractivity contribution in [3.8, 4) is 0 Å². The van der Waals surface area contributed by atoms with Gasteiger partial charge in [-0.2, -0.15) is 0 Å². The second-order valence-electron chi connectivity index (χ2n) is 8.20. The summed E-state index contributed by atoms with van der Waals surface area (Å²) in [5, 5.41) is 3.58. The third kappa shape index (κ3) is 4.19. The highest BCUT2D eigenvalue weighted by Gasteiger charge is 2.31. The molecule has 0 amide bonds. The van der Waals surface area contributed by atoms with Crippen LogP contribution in [-0.2, 0) is 0 Å². The Morgan fingerprint density at radius 2 is 1.68 bits per heavy atom. The lowest BCUT2D eigenvalue weighted by Gasteiger charge is -2.42. The highest BCUT2D eigenvalue weighted by Crippen LogP contribution is 2.40. The zero-order valence-electron chi connectivity index (χ0n) is 13.7. The van der Waals surface area contributed by atoms with Crippen LogP contribution in [0.15, 0.2) is 0 Å². The molecular weight excluding hydrogens is 232 g/mol. The van der Waals surface area contributed by atoms with Crippen molar-refractivity contribution >= 4 is 0 Å². The Balaban J connectivity index is 1.79. The summed E-state index contributed by atoms with van der Waals surface area (Å²) in [5.41, 5.74) is 0.516. The van der Waals surface area contributed by atoms with E-state index in [0.29, 0.717) is 11.5 Å². The summed E-state index contributed by atoms with van der Waals surface area (Å²) in [7, 11) is 0. The van der Waals surface area contributed by atoms with Crippen molar-refractivity contribution in [1.29, 1.82) is 0 Å². The van der Waals surface area contributed by atoms with Crippen LogP contribution in [0.3, 0.4) is 0 Å². The summed E-state index contributed by atoms with van der Waals surface area (Å²) >= 11 is 0. The largest absolute Gasteiger partial charge is 0.311 e. The van der Waals surface area contributed by atoms with Gasteiger partial charge in [0.15, 0.2) is 0 Å². The highest BCUT2D eigenvalue weighted by atomic mass is 15.2. The second-order valence-corrected chi connectivity index (χ2v) is 8.20. The van der Waals surface area contributed by atoms with Crippen molar-refractivity contribution in [2.24, 2.45) is 17.3 Å². The van der Waals surface area contributed by atoms with Gasteiger partial charge in [-0.25, -0.2) is 0 Å². The Kier molecular flexibility index (Phi) is 4.94. The molecule has 2 heteroatoms. The number of piperazine rings is 1. The van der Waals surface area contributed by atoms with E-state index in [1.165, 1.54) is 45.3 Å². The maximum Gasteiger partial charge on any atom is 0.0193 e. The molecule has 0 aromatic heterocycles. The first kappa shape index (κ1) is 15.3. The lowest BCUT2D eigenvalue weighted by molar-refractivity contribution is 0.0877. The van der Waals surface area contributed by atoms with Crippen molar-refractivity contribution in [2.75, 3.05) is 19.6 Å². The van der Waals surface area contributed by atoms with E-state index in [1.54, 1.807) is 0 Å². The molecule has 0 aromatic rings. The van der Waals surface area contributed by atoms with Gasteiger partial charge in [0.2, 0.25) is 0 Å². The van der Waals surface area contributed by atoms with E-state index in [4.69, 9.17) is 0 Å². The van der Waals surface area contributed by atoms with Gasteiger partial charge in [-0.3, -0.25) is 4.90 Å². The molecule has 0 aromatic carbocycles.